The zero-order valence-electron chi connectivity index (χ0n) is 18.0. The van der Waals surface area contributed by atoms with Crippen LogP contribution in [0.5, 0.6) is 5.75 Å². The van der Waals surface area contributed by atoms with E-state index in [1.807, 2.05) is 19.9 Å². The van der Waals surface area contributed by atoms with E-state index >= 15 is 0 Å². The number of aryl methyl sites for hydroxylation is 2. The number of carbonyl (C=O) groups excluding carboxylic acids is 3. The molecule has 0 aromatic heterocycles. The SMILES string of the molecule is Cc1cc(C)cc(OC(=O)c2ccc(NC3=C(Cl)C(=O)N(c4cc(Cl)cc(Cl)c4)C3=O)cc2)c1. The van der Waals surface area contributed by atoms with Crippen LogP contribution in [0.25, 0.3) is 0 Å². The van der Waals surface area contributed by atoms with E-state index < -0.39 is 17.8 Å². The molecule has 1 aliphatic rings. The van der Waals surface area contributed by atoms with Gasteiger partial charge in [-0.15, -0.1) is 0 Å². The molecule has 3 aromatic carbocycles. The Labute approximate surface area is 210 Å². The van der Waals surface area contributed by atoms with Gasteiger partial charge in [-0.1, -0.05) is 40.9 Å². The summed E-state index contributed by atoms with van der Waals surface area (Å²) in [4.78, 5) is 38.9. The quantitative estimate of drug-likeness (QED) is 0.246. The number of esters is 1. The van der Waals surface area contributed by atoms with Crippen LogP contribution in [0.4, 0.5) is 11.4 Å². The Balaban J connectivity index is 1.50. The second-order valence-corrected chi connectivity index (χ2v) is 8.93. The van der Waals surface area contributed by atoms with Gasteiger partial charge in [0.05, 0.1) is 11.3 Å². The van der Waals surface area contributed by atoms with Gasteiger partial charge < -0.3 is 10.1 Å². The highest BCUT2D eigenvalue weighted by molar-refractivity contribution is 6.53. The summed E-state index contributed by atoms with van der Waals surface area (Å²) in [5.41, 5.74) is 2.83. The summed E-state index contributed by atoms with van der Waals surface area (Å²) < 4.78 is 5.45. The van der Waals surface area contributed by atoms with Gasteiger partial charge in [-0.2, -0.15) is 0 Å². The first-order valence-corrected chi connectivity index (χ1v) is 11.2. The minimum atomic E-state index is -0.707. The molecule has 0 radical (unpaired) electrons. The van der Waals surface area contributed by atoms with Crippen molar-refractivity contribution in [2.75, 3.05) is 10.2 Å². The molecule has 6 nitrogen and oxygen atoms in total. The predicted octanol–water partition coefficient (Wildman–Crippen LogP) is 6.27. The van der Waals surface area contributed by atoms with E-state index in [-0.39, 0.29) is 26.5 Å². The van der Waals surface area contributed by atoms with Gasteiger partial charge in [0.25, 0.3) is 11.8 Å². The maximum atomic E-state index is 12.9. The zero-order valence-corrected chi connectivity index (χ0v) is 20.3. The summed E-state index contributed by atoms with van der Waals surface area (Å²) >= 11 is 18.2. The van der Waals surface area contributed by atoms with Crippen LogP contribution in [0.15, 0.2) is 71.4 Å². The molecular formula is C25H17Cl3N2O4. The molecule has 0 bridgehead atoms. The summed E-state index contributed by atoms with van der Waals surface area (Å²) in [6, 6.07) is 16.1. The van der Waals surface area contributed by atoms with Crippen molar-refractivity contribution in [2.45, 2.75) is 13.8 Å². The molecular weight excluding hydrogens is 499 g/mol. The topological polar surface area (TPSA) is 75.7 Å². The van der Waals surface area contributed by atoms with E-state index in [2.05, 4.69) is 5.32 Å². The highest BCUT2D eigenvalue weighted by atomic mass is 35.5. The van der Waals surface area contributed by atoms with Crippen LogP contribution in [0, 0.1) is 13.8 Å². The van der Waals surface area contributed by atoms with Gasteiger partial charge in [-0.05, 0) is 79.6 Å². The van der Waals surface area contributed by atoms with Crippen LogP contribution < -0.4 is 15.0 Å². The standard InChI is InChI=1S/C25H17Cl3N2O4/c1-13-7-14(2)9-20(8-13)34-25(33)15-3-5-18(6-4-15)29-22-21(28)23(31)30(24(22)32)19-11-16(26)10-17(27)12-19/h3-12,29H,1-2H3. The summed E-state index contributed by atoms with van der Waals surface area (Å²) in [5.74, 6) is -1.43. The number of imide groups is 1. The highest BCUT2D eigenvalue weighted by Gasteiger charge is 2.39. The number of halogens is 3. The lowest BCUT2D eigenvalue weighted by Gasteiger charge is -2.16. The Kier molecular flexibility index (Phi) is 6.66. The van der Waals surface area contributed by atoms with Crippen molar-refractivity contribution in [2.24, 2.45) is 0 Å². The van der Waals surface area contributed by atoms with E-state index in [4.69, 9.17) is 39.5 Å². The van der Waals surface area contributed by atoms with Crippen LogP contribution in [-0.4, -0.2) is 17.8 Å². The second-order valence-electron chi connectivity index (χ2n) is 7.68. The fraction of sp³-hybridized carbons (Fsp3) is 0.0800. The number of ether oxygens (including phenoxy) is 1. The van der Waals surface area contributed by atoms with Crippen LogP contribution in [-0.2, 0) is 9.59 Å². The Bertz CT molecular complexity index is 1330. The van der Waals surface area contributed by atoms with Crippen LogP contribution in [0.2, 0.25) is 10.0 Å². The number of amides is 2. The van der Waals surface area contributed by atoms with Crippen LogP contribution >= 0.6 is 34.8 Å². The van der Waals surface area contributed by atoms with Gasteiger partial charge >= 0.3 is 5.97 Å². The highest BCUT2D eigenvalue weighted by Crippen LogP contribution is 2.33. The molecule has 2 amide bonds. The average Bonchev–Trinajstić information content (AvgIpc) is 2.96. The third-order valence-corrected chi connectivity index (χ3v) is 5.72. The molecule has 0 atom stereocenters. The Morgan fingerprint density at radius 2 is 1.41 bits per heavy atom. The fourth-order valence-corrected chi connectivity index (χ4v) is 4.23. The van der Waals surface area contributed by atoms with Gasteiger partial charge in [0.1, 0.15) is 16.5 Å². The number of nitrogens with zero attached hydrogens (tertiary/aromatic N) is 1. The third-order valence-electron chi connectivity index (χ3n) is 4.93. The number of nitrogens with one attached hydrogen (secondary N) is 1. The smallest absolute Gasteiger partial charge is 0.343 e. The number of rotatable bonds is 5. The number of hydrogen-bond donors (Lipinski definition) is 1. The minimum absolute atomic E-state index is 0.103. The first-order chi connectivity index (χ1) is 16.1. The van der Waals surface area contributed by atoms with Crippen LogP contribution in [0.3, 0.4) is 0 Å². The Morgan fingerprint density at radius 1 is 0.824 bits per heavy atom. The summed E-state index contributed by atoms with van der Waals surface area (Å²) in [6.45, 7) is 3.84. The molecule has 4 rings (SSSR count). The van der Waals surface area contributed by atoms with E-state index in [1.54, 1.807) is 24.3 Å². The summed E-state index contributed by atoms with van der Waals surface area (Å²) in [7, 11) is 0. The van der Waals surface area contributed by atoms with Crippen molar-refractivity contribution in [3.8, 4) is 5.75 Å². The molecule has 172 valence electrons. The molecule has 3 aromatic rings. The minimum Gasteiger partial charge on any atom is -0.423 e. The molecule has 0 saturated heterocycles. The molecule has 0 saturated carbocycles. The molecule has 1 aliphatic heterocycles. The summed E-state index contributed by atoms with van der Waals surface area (Å²) in [6.07, 6.45) is 0. The monoisotopic (exact) mass is 514 g/mol. The van der Waals surface area contributed by atoms with Crippen LogP contribution in [0.1, 0.15) is 21.5 Å². The van der Waals surface area contributed by atoms with Crippen molar-refractivity contribution in [1.82, 2.24) is 0 Å². The van der Waals surface area contributed by atoms with Crippen molar-refractivity contribution in [3.63, 3.8) is 0 Å². The maximum absolute atomic E-state index is 12.9. The lowest BCUT2D eigenvalue weighted by molar-refractivity contribution is -0.120. The van der Waals surface area contributed by atoms with Crippen molar-refractivity contribution in [1.29, 1.82) is 0 Å². The van der Waals surface area contributed by atoms with Crippen molar-refractivity contribution < 1.29 is 19.1 Å². The van der Waals surface area contributed by atoms with Gasteiger partial charge in [0.15, 0.2) is 0 Å². The van der Waals surface area contributed by atoms with E-state index in [1.165, 1.54) is 30.3 Å². The predicted molar refractivity (Wildman–Crippen MR) is 133 cm³/mol. The largest absolute Gasteiger partial charge is 0.423 e. The molecule has 0 spiro atoms. The Hall–Kier alpha value is -3.32. The maximum Gasteiger partial charge on any atom is 0.343 e. The van der Waals surface area contributed by atoms with Crippen molar-refractivity contribution in [3.05, 3.63) is 98.1 Å². The lowest BCUT2D eigenvalue weighted by Crippen LogP contribution is -2.32. The number of hydrogen-bond acceptors (Lipinski definition) is 5. The molecule has 1 N–H and O–H groups in total. The average molecular weight is 516 g/mol. The van der Waals surface area contributed by atoms with E-state index in [0.29, 0.717) is 17.0 Å². The molecule has 0 fully saturated rings. The normalized spacial score (nSPS) is 13.5. The molecule has 0 aliphatic carbocycles. The number of carbonyl (C=O) groups is 3. The zero-order chi connectivity index (χ0) is 24.6. The molecule has 1 heterocycles. The molecule has 9 heteroatoms. The van der Waals surface area contributed by atoms with Gasteiger partial charge in [-0.25, -0.2) is 9.69 Å². The summed E-state index contributed by atoms with van der Waals surface area (Å²) in [5, 5.41) is 3.10. The fourth-order valence-electron chi connectivity index (χ4n) is 3.51. The second kappa shape index (κ2) is 9.50. The van der Waals surface area contributed by atoms with E-state index in [9.17, 15) is 14.4 Å². The van der Waals surface area contributed by atoms with Crippen molar-refractivity contribution >= 4 is 64.0 Å². The number of anilines is 2. The van der Waals surface area contributed by atoms with E-state index in [0.717, 1.165) is 16.0 Å². The first kappa shape index (κ1) is 23.8. The molecule has 34 heavy (non-hydrogen) atoms. The van der Waals surface area contributed by atoms with Gasteiger partial charge in [0, 0.05) is 15.7 Å². The van der Waals surface area contributed by atoms with Gasteiger partial charge in [0.2, 0.25) is 0 Å². The Morgan fingerprint density at radius 3 is 2.00 bits per heavy atom. The lowest BCUT2D eigenvalue weighted by atomic mass is 10.1. The van der Waals surface area contributed by atoms with Gasteiger partial charge in [-0.3, -0.25) is 9.59 Å². The number of benzene rings is 3. The molecule has 0 unspecified atom stereocenters. The third kappa shape index (κ3) is 4.94. The first-order valence-electron chi connectivity index (χ1n) is 10.0.